The molecule has 0 spiro atoms. The minimum absolute atomic E-state index is 0.0311. The molecule has 2 aliphatic rings. The van der Waals surface area contributed by atoms with Crippen molar-refractivity contribution in [3.63, 3.8) is 0 Å². The van der Waals surface area contributed by atoms with Crippen LogP contribution in [0.4, 0.5) is 0 Å². The highest BCUT2D eigenvalue weighted by molar-refractivity contribution is 9.11. The molecule has 4 nitrogen and oxygen atoms in total. The van der Waals surface area contributed by atoms with Crippen molar-refractivity contribution in [1.82, 2.24) is 5.43 Å². The summed E-state index contributed by atoms with van der Waals surface area (Å²) in [4.78, 5) is 12.5. The van der Waals surface area contributed by atoms with Crippen molar-refractivity contribution >= 4 is 67.2 Å². The van der Waals surface area contributed by atoms with Crippen LogP contribution in [0.25, 0.3) is 0 Å². The number of hydrogen-bond donors (Lipinski definition) is 1. The van der Waals surface area contributed by atoms with Crippen LogP contribution in [0.3, 0.4) is 0 Å². The molecule has 0 bridgehead atoms. The number of rotatable bonds is 6. The van der Waals surface area contributed by atoms with Crippen LogP contribution >= 0.6 is 55.1 Å². The van der Waals surface area contributed by atoms with Crippen LogP contribution in [0.5, 0.6) is 5.75 Å². The first-order chi connectivity index (χ1) is 14.8. The normalized spacial score (nSPS) is 24.7. The van der Waals surface area contributed by atoms with Gasteiger partial charge in [0, 0.05) is 21.5 Å². The van der Waals surface area contributed by atoms with Gasteiger partial charge in [-0.05, 0) is 85.9 Å². The maximum atomic E-state index is 12.5. The van der Waals surface area contributed by atoms with Gasteiger partial charge in [-0.15, -0.1) is 0 Å². The molecule has 1 N–H and O–H groups in total. The van der Waals surface area contributed by atoms with Crippen LogP contribution in [0.15, 0.2) is 44.4 Å². The number of carbonyl (C=O) groups excluding carboxylic acids is 1. The Morgan fingerprint density at radius 3 is 2.65 bits per heavy atom. The van der Waals surface area contributed by atoms with Crippen molar-refractivity contribution in [1.29, 1.82) is 0 Å². The Morgan fingerprint density at radius 1 is 1.26 bits per heavy atom. The molecule has 2 aromatic carbocycles. The van der Waals surface area contributed by atoms with Gasteiger partial charge < -0.3 is 4.74 Å². The summed E-state index contributed by atoms with van der Waals surface area (Å²) >= 11 is 19.3. The van der Waals surface area contributed by atoms with Gasteiger partial charge in [0.05, 0.1) is 15.2 Å². The van der Waals surface area contributed by atoms with Gasteiger partial charge in [0.1, 0.15) is 12.4 Å². The second-order valence-corrected chi connectivity index (χ2v) is 11.0. The van der Waals surface area contributed by atoms with Gasteiger partial charge in [-0.2, -0.15) is 5.10 Å². The van der Waals surface area contributed by atoms with E-state index in [1.54, 1.807) is 18.3 Å². The molecule has 0 aliphatic heterocycles. The summed E-state index contributed by atoms with van der Waals surface area (Å²) in [5.41, 5.74) is 4.57. The van der Waals surface area contributed by atoms with E-state index in [0.717, 1.165) is 32.9 Å². The number of ether oxygens (including phenoxy) is 1. The number of amides is 1. The molecule has 0 unspecified atom stereocenters. The summed E-state index contributed by atoms with van der Waals surface area (Å²) < 4.78 is 7.47. The lowest BCUT2D eigenvalue weighted by molar-refractivity contribution is -0.123. The fraction of sp³-hybridized carbons (Fsp3) is 0.391. The third-order valence-corrected chi connectivity index (χ3v) is 8.17. The minimum atomic E-state index is 0.0311. The molecule has 31 heavy (non-hydrogen) atoms. The second kappa shape index (κ2) is 9.42. The maximum Gasteiger partial charge on any atom is 0.244 e. The van der Waals surface area contributed by atoms with E-state index < -0.39 is 0 Å². The van der Waals surface area contributed by atoms with Crippen LogP contribution in [-0.4, -0.2) is 12.1 Å². The zero-order chi connectivity index (χ0) is 22.2. The molecule has 3 atom stereocenters. The lowest BCUT2D eigenvalue weighted by atomic mass is 9.90. The number of hydrazone groups is 1. The third kappa shape index (κ3) is 4.97. The number of fused-ring (bicyclic) bond motifs is 1. The van der Waals surface area contributed by atoms with E-state index in [2.05, 4.69) is 49.3 Å². The quantitative estimate of drug-likeness (QED) is 0.283. The van der Waals surface area contributed by atoms with E-state index in [1.165, 1.54) is 12.8 Å². The Labute approximate surface area is 209 Å². The molecule has 2 aliphatic carbocycles. The van der Waals surface area contributed by atoms with Crippen molar-refractivity contribution < 1.29 is 9.53 Å². The third-order valence-electron chi connectivity index (χ3n) is 6.41. The predicted octanol–water partition coefficient (Wildman–Crippen LogP) is 7.37. The van der Waals surface area contributed by atoms with E-state index in [1.807, 2.05) is 18.2 Å². The highest BCUT2D eigenvalue weighted by Gasteiger charge is 2.64. The predicted molar refractivity (Wildman–Crippen MR) is 132 cm³/mol. The van der Waals surface area contributed by atoms with Gasteiger partial charge in [0.2, 0.25) is 5.91 Å². The topological polar surface area (TPSA) is 50.7 Å². The SMILES string of the molecule is C[C@]12CCCC[C@@H]1[C@@H]2C(=O)N/N=C\c1cc(Br)c(OCc2ccc(Cl)cc2Cl)c(Br)c1. The minimum Gasteiger partial charge on any atom is -0.486 e. The molecule has 164 valence electrons. The fourth-order valence-corrected chi connectivity index (χ4v) is 6.58. The highest BCUT2D eigenvalue weighted by Crippen LogP contribution is 2.66. The average molecular weight is 589 g/mol. The lowest BCUT2D eigenvalue weighted by Crippen LogP contribution is -2.22. The average Bonchev–Trinajstić information content (AvgIpc) is 3.34. The molecule has 1 amide bonds. The molecule has 2 fully saturated rings. The van der Waals surface area contributed by atoms with Gasteiger partial charge in [0.15, 0.2) is 0 Å². The highest BCUT2D eigenvalue weighted by atomic mass is 79.9. The molecular formula is C23H22Br2Cl2N2O2. The number of hydrogen-bond acceptors (Lipinski definition) is 3. The van der Waals surface area contributed by atoms with E-state index in [4.69, 9.17) is 27.9 Å². The van der Waals surface area contributed by atoms with Gasteiger partial charge in [-0.1, -0.05) is 49.0 Å². The first-order valence-corrected chi connectivity index (χ1v) is 12.5. The first kappa shape index (κ1) is 23.1. The first-order valence-electron chi connectivity index (χ1n) is 10.2. The second-order valence-electron chi connectivity index (χ2n) is 8.41. The molecular weight excluding hydrogens is 567 g/mol. The molecule has 0 radical (unpaired) electrons. The number of benzene rings is 2. The Kier molecular flexibility index (Phi) is 7.02. The summed E-state index contributed by atoms with van der Waals surface area (Å²) in [5, 5.41) is 5.32. The molecule has 0 saturated heterocycles. The molecule has 8 heteroatoms. The number of carbonyl (C=O) groups is 1. The van der Waals surface area contributed by atoms with Crippen molar-refractivity contribution in [2.24, 2.45) is 22.4 Å². The van der Waals surface area contributed by atoms with Crippen LogP contribution in [0.2, 0.25) is 10.0 Å². The Hall–Kier alpha value is -1.08. The zero-order valence-corrected chi connectivity index (χ0v) is 21.6. The largest absolute Gasteiger partial charge is 0.486 e. The van der Waals surface area contributed by atoms with Crippen molar-refractivity contribution in [2.75, 3.05) is 0 Å². The zero-order valence-electron chi connectivity index (χ0n) is 16.9. The molecule has 4 rings (SSSR count). The van der Waals surface area contributed by atoms with E-state index in [9.17, 15) is 4.79 Å². The Balaban J connectivity index is 1.37. The van der Waals surface area contributed by atoms with Crippen LogP contribution in [-0.2, 0) is 11.4 Å². The number of nitrogens with zero attached hydrogens (tertiary/aromatic N) is 1. The van der Waals surface area contributed by atoms with Gasteiger partial charge in [-0.3, -0.25) is 4.79 Å². The molecule has 0 heterocycles. The van der Waals surface area contributed by atoms with Gasteiger partial charge >= 0.3 is 0 Å². The van der Waals surface area contributed by atoms with Gasteiger partial charge in [0.25, 0.3) is 0 Å². The smallest absolute Gasteiger partial charge is 0.244 e. The monoisotopic (exact) mass is 586 g/mol. The summed E-state index contributed by atoms with van der Waals surface area (Å²) in [5.74, 6) is 1.30. The van der Waals surface area contributed by atoms with Crippen molar-refractivity contribution in [2.45, 2.75) is 39.2 Å². The summed E-state index contributed by atoms with van der Waals surface area (Å²) in [6, 6.07) is 9.08. The van der Waals surface area contributed by atoms with E-state index >= 15 is 0 Å². The van der Waals surface area contributed by atoms with Crippen LogP contribution in [0.1, 0.15) is 43.7 Å². The molecule has 2 aromatic rings. The van der Waals surface area contributed by atoms with Crippen LogP contribution in [0, 0.1) is 17.3 Å². The number of halogens is 4. The summed E-state index contributed by atoms with van der Waals surface area (Å²) in [6.45, 7) is 2.53. The molecule has 2 saturated carbocycles. The van der Waals surface area contributed by atoms with Crippen molar-refractivity contribution in [3.05, 3.63) is 60.4 Å². The van der Waals surface area contributed by atoms with E-state index in [-0.39, 0.29) is 17.2 Å². The standard InChI is InChI=1S/C23H22Br2Cl2N2O2/c1-23-7-3-2-4-16(23)20(23)22(30)29-28-11-13-8-17(24)21(18(25)9-13)31-12-14-5-6-15(26)10-19(14)27/h5-6,8-11,16,20H,2-4,7,12H2,1H3,(H,29,30)/b28-11-/t16-,20-,23+/m1/s1. The molecule has 0 aromatic heterocycles. The summed E-state index contributed by atoms with van der Waals surface area (Å²) in [7, 11) is 0. The lowest BCUT2D eigenvalue weighted by Gasteiger charge is -2.15. The fourth-order valence-electron chi connectivity index (χ4n) is 4.67. The van der Waals surface area contributed by atoms with Gasteiger partial charge in [-0.25, -0.2) is 5.43 Å². The van der Waals surface area contributed by atoms with Crippen molar-refractivity contribution in [3.8, 4) is 5.75 Å². The van der Waals surface area contributed by atoms with E-state index in [0.29, 0.717) is 28.3 Å². The summed E-state index contributed by atoms with van der Waals surface area (Å²) in [6.07, 6.45) is 6.39. The Bertz CT molecular complexity index is 1020. The Morgan fingerprint density at radius 2 is 2.00 bits per heavy atom. The number of nitrogens with one attached hydrogen (secondary N) is 1. The maximum absolute atomic E-state index is 12.5. The van der Waals surface area contributed by atoms with Crippen LogP contribution < -0.4 is 10.2 Å².